The van der Waals surface area contributed by atoms with Crippen molar-refractivity contribution < 1.29 is 43.0 Å². The third-order valence-corrected chi connectivity index (χ3v) is 9.93. The van der Waals surface area contributed by atoms with E-state index in [1.54, 1.807) is 18.2 Å². The molecule has 0 bridgehead atoms. The number of hydrogen-bond donors (Lipinski definition) is 5. The molecule has 47 heavy (non-hydrogen) atoms. The molecule has 7 amide bonds. The van der Waals surface area contributed by atoms with E-state index in [4.69, 9.17) is 14.2 Å². The van der Waals surface area contributed by atoms with E-state index < -0.39 is 29.7 Å². The summed E-state index contributed by atoms with van der Waals surface area (Å²) in [5.41, 5.74) is 0.892. The normalized spacial score (nSPS) is 23.3. The number of fused-ring (bicyclic) bond motifs is 2. The molecule has 3 fully saturated rings. The number of anilines is 1. The number of carbonyl (C=O) groups excluding carboxylic acids is 6. The summed E-state index contributed by atoms with van der Waals surface area (Å²) in [5.74, 6) is -1.23. The number of hydrogen-bond acceptors (Lipinski definition) is 11. The number of benzene rings is 1. The molecule has 4 atom stereocenters. The molecule has 4 aliphatic rings. The Hall–Kier alpha value is -3.73. The van der Waals surface area contributed by atoms with Crippen LogP contribution in [0.4, 0.5) is 10.5 Å². The van der Waals surface area contributed by atoms with Crippen LogP contribution in [0.1, 0.15) is 59.2 Å². The molecular formula is C31H42N6O9S. The van der Waals surface area contributed by atoms with Gasteiger partial charge in [0.05, 0.1) is 62.9 Å². The molecule has 1 unspecified atom stereocenters. The zero-order chi connectivity index (χ0) is 33.2. The van der Waals surface area contributed by atoms with Gasteiger partial charge in [-0.05, 0) is 31.4 Å². The highest BCUT2D eigenvalue weighted by Crippen LogP contribution is 2.34. The Morgan fingerprint density at radius 2 is 1.66 bits per heavy atom. The Labute approximate surface area is 276 Å². The van der Waals surface area contributed by atoms with Gasteiger partial charge in [-0.15, -0.1) is 0 Å². The van der Waals surface area contributed by atoms with Crippen LogP contribution in [0.15, 0.2) is 18.2 Å². The third kappa shape index (κ3) is 9.00. The van der Waals surface area contributed by atoms with E-state index in [2.05, 4.69) is 26.6 Å². The summed E-state index contributed by atoms with van der Waals surface area (Å²) >= 11 is 1.88. The topological polar surface area (TPSA) is 194 Å². The predicted molar refractivity (Wildman–Crippen MR) is 171 cm³/mol. The van der Waals surface area contributed by atoms with Crippen molar-refractivity contribution >= 4 is 53.0 Å². The lowest BCUT2D eigenvalue weighted by Crippen LogP contribution is -2.54. The number of nitrogens with one attached hydrogen (secondary N) is 5. The number of nitrogens with zero attached hydrogens (tertiary/aromatic N) is 1. The van der Waals surface area contributed by atoms with E-state index in [-0.39, 0.29) is 48.0 Å². The van der Waals surface area contributed by atoms with Crippen molar-refractivity contribution in [2.24, 2.45) is 0 Å². The van der Waals surface area contributed by atoms with Crippen molar-refractivity contribution in [3.8, 4) is 0 Å². The van der Waals surface area contributed by atoms with Crippen LogP contribution in [0.25, 0.3) is 0 Å². The van der Waals surface area contributed by atoms with E-state index >= 15 is 0 Å². The van der Waals surface area contributed by atoms with Gasteiger partial charge in [0.2, 0.25) is 17.7 Å². The van der Waals surface area contributed by atoms with Gasteiger partial charge in [0, 0.05) is 42.6 Å². The maximum atomic E-state index is 13.1. The summed E-state index contributed by atoms with van der Waals surface area (Å²) in [6, 6.07) is 4.24. The second kappa shape index (κ2) is 16.9. The molecule has 0 radical (unpaired) electrons. The zero-order valence-corrected chi connectivity index (χ0v) is 27.0. The van der Waals surface area contributed by atoms with Crippen molar-refractivity contribution in [1.82, 2.24) is 26.2 Å². The van der Waals surface area contributed by atoms with E-state index in [1.807, 2.05) is 11.8 Å². The maximum Gasteiger partial charge on any atom is 0.315 e. The molecule has 16 heteroatoms. The molecule has 5 N–H and O–H groups in total. The Bertz CT molecular complexity index is 1350. The summed E-state index contributed by atoms with van der Waals surface area (Å²) < 4.78 is 16.6. The summed E-state index contributed by atoms with van der Waals surface area (Å²) in [7, 11) is 0. The summed E-state index contributed by atoms with van der Waals surface area (Å²) in [4.78, 5) is 74.3. The molecule has 0 spiro atoms. The number of ether oxygens (including phenoxy) is 3. The Kier molecular flexibility index (Phi) is 12.4. The molecule has 0 saturated carbocycles. The molecule has 1 aromatic carbocycles. The predicted octanol–water partition coefficient (Wildman–Crippen LogP) is 0.392. The molecule has 256 valence electrons. The van der Waals surface area contributed by atoms with Crippen LogP contribution < -0.4 is 26.6 Å². The molecule has 3 saturated heterocycles. The first kappa shape index (κ1) is 34.6. The number of rotatable bonds is 19. The van der Waals surface area contributed by atoms with E-state index in [0.29, 0.717) is 70.1 Å². The van der Waals surface area contributed by atoms with Crippen LogP contribution in [0.3, 0.4) is 0 Å². The van der Waals surface area contributed by atoms with Crippen LogP contribution in [0.5, 0.6) is 0 Å². The second-order valence-electron chi connectivity index (χ2n) is 11.7. The first-order chi connectivity index (χ1) is 22.8. The van der Waals surface area contributed by atoms with Crippen LogP contribution in [0, 0.1) is 0 Å². The standard InChI is InChI=1S/C31H42N6O9S/c38-24(7-2-1-6-23-27-21(18-47-23)34-31(43)36-27)33-11-13-45-15-17-46-16-14-44-12-10-32-20-5-3-4-19-26(20)30(42)37(29(19)41)22-8-9-25(39)35-28(22)40/h3-5,21-23,27,32H,1-2,6-18H2,(H,33,38)(H2,34,36,43)(H,35,39,40)/t21-,22?,23-,27-/m0/s1. The Morgan fingerprint density at radius 1 is 0.915 bits per heavy atom. The minimum absolute atomic E-state index is 0.00946. The smallest absolute Gasteiger partial charge is 0.315 e. The molecular weight excluding hydrogens is 632 g/mol. The van der Waals surface area contributed by atoms with Gasteiger partial charge in [0.25, 0.3) is 11.8 Å². The molecule has 0 aliphatic carbocycles. The van der Waals surface area contributed by atoms with Gasteiger partial charge in [-0.1, -0.05) is 12.5 Å². The molecule has 0 aromatic heterocycles. The molecule has 4 aliphatic heterocycles. The number of imide groups is 2. The highest BCUT2D eigenvalue weighted by atomic mass is 32.2. The largest absolute Gasteiger partial charge is 0.382 e. The van der Waals surface area contributed by atoms with Crippen molar-refractivity contribution in [3.05, 3.63) is 29.3 Å². The van der Waals surface area contributed by atoms with E-state index in [0.717, 1.165) is 29.9 Å². The molecule has 4 heterocycles. The van der Waals surface area contributed by atoms with Gasteiger partial charge in [-0.2, -0.15) is 11.8 Å². The zero-order valence-electron chi connectivity index (χ0n) is 26.2. The number of carbonyl (C=O) groups is 6. The average molecular weight is 675 g/mol. The molecule has 5 rings (SSSR count). The lowest BCUT2D eigenvalue weighted by Gasteiger charge is -2.27. The van der Waals surface area contributed by atoms with Crippen molar-refractivity contribution in [2.75, 3.05) is 63.8 Å². The lowest BCUT2D eigenvalue weighted by molar-refractivity contribution is -0.136. The number of unbranched alkanes of at least 4 members (excludes halogenated alkanes) is 1. The SMILES string of the molecule is O=C(CCCC[C@@H]1SC[C@@H]2NC(=O)N[C@@H]21)NCCOCCOCCOCCNc1cccc2c1C(=O)N(C1CCC(=O)NC1=O)C2=O. The summed E-state index contributed by atoms with van der Waals surface area (Å²) in [5, 5.41) is 14.5. The van der Waals surface area contributed by atoms with E-state index in [1.165, 1.54) is 0 Å². The van der Waals surface area contributed by atoms with Gasteiger partial charge in [-0.3, -0.25) is 34.2 Å². The van der Waals surface area contributed by atoms with Crippen molar-refractivity contribution in [1.29, 1.82) is 0 Å². The number of thioether (sulfide) groups is 1. The van der Waals surface area contributed by atoms with Gasteiger partial charge in [0.15, 0.2) is 0 Å². The number of urea groups is 1. The first-order valence-corrected chi connectivity index (χ1v) is 17.2. The molecule has 15 nitrogen and oxygen atoms in total. The highest BCUT2D eigenvalue weighted by molar-refractivity contribution is 8.00. The van der Waals surface area contributed by atoms with Gasteiger partial charge in [0.1, 0.15) is 6.04 Å². The van der Waals surface area contributed by atoms with Crippen molar-refractivity contribution in [3.63, 3.8) is 0 Å². The number of amides is 7. The van der Waals surface area contributed by atoms with Crippen molar-refractivity contribution in [2.45, 2.75) is 61.9 Å². The highest BCUT2D eigenvalue weighted by Gasteiger charge is 2.46. The Morgan fingerprint density at radius 3 is 2.43 bits per heavy atom. The lowest BCUT2D eigenvalue weighted by atomic mass is 10.0. The van der Waals surface area contributed by atoms with Gasteiger partial charge >= 0.3 is 6.03 Å². The maximum absolute atomic E-state index is 13.1. The molecule has 1 aromatic rings. The minimum atomic E-state index is -1.01. The quantitative estimate of drug-likeness (QED) is 0.0775. The summed E-state index contributed by atoms with van der Waals surface area (Å²) in [6.07, 6.45) is 3.39. The number of piperidine rings is 1. The monoisotopic (exact) mass is 674 g/mol. The van der Waals surface area contributed by atoms with Gasteiger partial charge < -0.3 is 35.5 Å². The Balaban J connectivity index is 0.846. The van der Waals surface area contributed by atoms with Gasteiger partial charge in [-0.25, -0.2) is 4.79 Å². The average Bonchev–Trinajstić information content (AvgIpc) is 3.68. The second-order valence-corrected chi connectivity index (χ2v) is 12.9. The fourth-order valence-corrected chi connectivity index (χ4v) is 7.63. The first-order valence-electron chi connectivity index (χ1n) is 16.1. The van der Waals surface area contributed by atoms with Crippen LogP contribution >= 0.6 is 11.8 Å². The summed E-state index contributed by atoms with van der Waals surface area (Å²) in [6.45, 7) is 3.06. The third-order valence-electron chi connectivity index (χ3n) is 8.42. The fraction of sp³-hybridized carbons (Fsp3) is 0.613. The van der Waals surface area contributed by atoms with Crippen LogP contribution in [-0.2, 0) is 28.6 Å². The van der Waals surface area contributed by atoms with Crippen LogP contribution in [0.2, 0.25) is 0 Å². The fourth-order valence-electron chi connectivity index (χ4n) is 6.09. The van der Waals surface area contributed by atoms with E-state index in [9.17, 15) is 28.8 Å². The van der Waals surface area contributed by atoms with Crippen LogP contribution in [-0.4, -0.2) is 122 Å². The minimum Gasteiger partial charge on any atom is -0.382 e.